The molecule has 5 N–H and O–H groups in total. The van der Waals surface area contributed by atoms with Crippen LogP contribution in [0.25, 0.3) is 0 Å². The summed E-state index contributed by atoms with van der Waals surface area (Å²) >= 11 is 0. The van der Waals surface area contributed by atoms with Crippen molar-refractivity contribution in [2.75, 3.05) is 6.54 Å². The zero-order chi connectivity index (χ0) is 29.3. The van der Waals surface area contributed by atoms with E-state index in [1.807, 2.05) is 20.8 Å². The summed E-state index contributed by atoms with van der Waals surface area (Å²) in [7, 11) is 0. The van der Waals surface area contributed by atoms with Crippen molar-refractivity contribution in [3.05, 3.63) is 70.8 Å². The maximum Gasteiger partial charge on any atom is 0.335 e. The van der Waals surface area contributed by atoms with Crippen LogP contribution < -0.4 is 21.3 Å². The Balaban J connectivity index is 2.09. The normalized spacial score (nSPS) is 12.6. The van der Waals surface area contributed by atoms with Gasteiger partial charge in [-0.1, -0.05) is 26.8 Å². The number of carboxylic acid groups (broad SMARTS) is 1. The van der Waals surface area contributed by atoms with Gasteiger partial charge < -0.3 is 26.4 Å². The van der Waals surface area contributed by atoms with Crippen molar-refractivity contribution >= 4 is 29.6 Å². The standard InChI is InChI=1S/C27H32F2N4O6/c1-15(23(35)30-13-18-9-10-19(28)11-20(18)29)32-25(37)21(12-22(34)31-14-27(2,3)4)33-24(36)16-5-7-17(8-6-16)26(38)39/h5-11,15,21H,12-14H2,1-4H3,(H,30,35)(H,31,34)(H,32,37)(H,33,36)(H,38,39)/t15-,21-/m0/s1. The first-order valence-electron chi connectivity index (χ1n) is 12.1. The van der Waals surface area contributed by atoms with Crippen LogP contribution in [0.3, 0.4) is 0 Å². The molecule has 0 spiro atoms. The van der Waals surface area contributed by atoms with Crippen LogP contribution in [0.15, 0.2) is 42.5 Å². The summed E-state index contributed by atoms with van der Waals surface area (Å²) in [4.78, 5) is 61.8. The van der Waals surface area contributed by atoms with Gasteiger partial charge in [0.2, 0.25) is 17.7 Å². The minimum Gasteiger partial charge on any atom is -0.478 e. The third-order valence-electron chi connectivity index (χ3n) is 5.44. The molecule has 2 aromatic rings. The first-order valence-corrected chi connectivity index (χ1v) is 12.1. The Morgan fingerprint density at radius 1 is 0.872 bits per heavy atom. The van der Waals surface area contributed by atoms with Crippen molar-refractivity contribution in [2.45, 2.75) is 52.7 Å². The highest BCUT2D eigenvalue weighted by Crippen LogP contribution is 2.11. The molecule has 2 rings (SSSR count). The first-order chi connectivity index (χ1) is 18.2. The molecule has 0 aliphatic carbocycles. The van der Waals surface area contributed by atoms with Crippen LogP contribution in [0, 0.1) is 17.0 Å². The van der Waals surface area contributed by atoms with Gasteiger partial charge in [-0.2, -0.15) is 0 Å². The monoisotopic (exact) mass is 546 g/mol. The van der Waals surface area contributed by atoms with Gasteiger partial charge in [-0.15, -0.1) is 0 Å². The summed E-state index contributed by atoms with van der Waals surface area (Å²) in [5.74, 6) is -5.54. The number of aromatic carboxylic acids is 1. The van der Waals surface area contributed by atoms with Crippen molar-refractivity contribution in [1.82, 2.24) is 21.3 Å². The van der Waals surface area contributed by atoms with E-state index in [1.165, 1.54) is 37.3 Å². The van der Waals surface area contributed by atoms with E-state index >= 15 is 0 Å². The van der Waals surface area contributed by atoms with E-state index in [0.29, 0.717) is 12.6 Å². The SMILES string of the molecule is C[C@H](NC(=O)[C@H](CC(=O)NCC(C)(C)C)NC(=O)c1ccc(C(=O)O)cc1)C(=O)NCc1ccc(F)cc1F. The van der Waals surface area contributed by atoms with Gasteiger partial charge in [0.15, 0.2) is 0 Å². The van der Waals surface area contributed by atoms with Crippen LogP contribution in [0.1, 0.15) is 60.4 Å². The van der Waals surface area contributed by atoms with Gasteiger partial charge in [-0.05, 0) is 42.7 Å². The lowest BCUT2D eigenvalue weighted by Crippen LogP contribution is -2.54. The van der Waals surface area contributed by atoms with Crippen LogP contribution in [0.4, 0.5) is 8.78 Å². The van der Waals surface area contributed by atoms with E-state index in [-0.39, 0.29) is 28.7 Å². The molecule has 2 aromatic carbocycles. The molecule has 0 unspecified atom stereocenters. The molecule has 0 saturated carbocycles. The molecular formula is C27H32F2N4O6. The van der Waals surface area contributed by atoms with Gasteiger partial charge >= 0.3 is 5.97 Å². The summed E-state index contributed by atoms with van der Waals surface area (Å²) in [6, 6.07) is 5.37. The molecule has 0 aliphatic heterocycles. The Labute approximate surface area is 224 Å². The van der Waals surface area contributed by atoms with Crippen LogP contribution >= 0.6 is 0 Å². The lowest BCUT2D eigenvalue weighted by atomic mass is 9.97. The minimum atomic E-state index is -1.37. The summed E-state index contributed by atoms with van der Waals surface area (Å²) in [5, 5.41) is 19.0. The summed E-state index contributed by atoms with van der Waals surface area (Å²) in [6.07, 6.45) is -0.435. The quantitative estimate of drug-likeness (QED) is 0.291. The van der Waals surface area contributed by atoms with Gasteiger partial charge in [0.1, 0.15) is 23.7 Å². The molecule has 2 atom stereocenters. The van der Waals surface area contributed by atoms with Crippen LogP contribution in [-0.4, -0.2) is 53.3 Å². The van der Waals surface area contributed by atoms with Gasteiger partial charge in [0.25, 0.3) is 5.91 Å². The van der Waals surface area contributed by atoms with Gasteiger partial charge in [0.05, 0.1) is 12.0 Å². The average molecular weight is 547 g/mol. The number of hydrogen-bond acceptors (Lipinski definition) is 5. The third-order valence-corrected chi connectivity index (χ3v) is 5.44. The number of rotatable bonds is 11. The molecule has 0 radical (unpaired) electrons. The number of amides is 4. The number of carboxylic acids is 1. The molecule has 4 amide bonds. The zero-order valence-corrected chi connectivity index (χ0v) is 22.1. The highest BCUT2D eigenvalue weighted by Gasteiger charge is 2.28. The van der Waals surface area contributed by atoms with Gasteiger partial charge in [-0.25, -0.2) is 13.6 Å². The molecule has 39 heavy (non-hydrogen) atoms. The van der Waals surface area contributed by atoms with E-state index in [1.54, 1.807) is 0 Å². The van der Waals surface area contributed by atoms with Crippen molar-refractivity contribution in [2.24, 2.45) is 5.41 Å². The molecule has 10 nitrogen and oxygen atoms in total. The lowest BCUT2D eigenvalue weighted by molar-refractivity contribution is -0.131. The Morgan fingerprint density at radius 3 is 2.05 bits per heavy atom. The predicted octanol–water partition coefficient (Wildman–Crippen LogP) is 2.13. The molecule has 0 aromatic heterocycles. The molecule has 12 heteroatoms. The summed E-state index contributed by atoms with van der Waals surface area (Å²) < 4.78 is 26.9. The summed E-state index contributed by atoms with van der Waals surface area (Å²) in [6.45, 7) is 7.11. The number of benzene rings is 2. The van der Waals surface area contributed by atoms with Crippen molar-refractivity contribution < 1.29 is 37.9 Å². The maximum absolute atomic E-state index is 13.8. The van der Waals surface area contributed by atoms with Gasteiger partial charge in [-0.3, -0.25) is 19.2 Å². The van der Waals surface area contributed by atoms with Crippen molar-refractivity contribution in [3.8, 4) is 0 Å². The number of hydrogen-bond donors (Lipinski definition) is 5. The number of halogens is 2. The highest BCUT2D eigenvalue weighted by atomic mass is 19.1. The second-order valence-corrected chi connectivity index (χ2v) is 10.1. The fourth-order valence-electron chi connectivity index (χ4n) is 3.22. The highest BCUT2D eigenvalue weighted by molar-refractivity contribution is 6.00. The van der Waals surface area contributed by atoms with E-state index in [0.717, 1.165) is 6.07 Å². The molecule has 0 aliphatic rings. The van der Waals surface area contributed by atoms with E-state index in [4.69, 9.17) is 5.11 Å². The molecule has 0 heterocycles. The van der Waals surface area contributed by atoms with E-state index in [2.05, 4.69) is 21.3 Å². The molecule has 0 fully saturated rings. The Bertz CT molecular complexity index is 1230. The van der Waals surface area contributed by atoms with Crippen LogP contribution in [0.5, 0.6) is 0 Å². The smallest absolute Gasteiger partial charge is 0.335 e. The second kappa shape index (κ2) is 13.4. The van der Waals surface area contributed by atoms with E-state index in [9.17, 15) is 32.8 Å². The van der Waals surface area contributed by atoms with Gasteiger partial charge in [0, 0.05) is 30.3 Å². The van der Waals surface area contributed by atoms with Crippen molar-refractivity contribution in [1.29, 1.82) is 0 Å². The molecule has 0 bridgehead atoms. The van der Waals surface area contributed by atoms with Crippen LogP contribution in [0.2, 0.25) is 0 Å². The largest absolute Gasteiger partial charge is 0.478 e. The minimum absolute atomic E-state index is 0.0391. The number of carbonyl (C=O) groups excluding carboxylic acids is 4. The Hall–Kier alpha value is -4.35. The van der Waals surface area contributed by atoms with E-state index < -0.39 is 59.7 Å². The molecule has 210 valence electrons. The topological polar surface area (TPSA) is 154 Å². The molecular weight excluding hydrogens is 514 g/mol. The first kappa shape index (κ1) is 30.9. The lowest BCUT2D eigenvalue weighted by Gasteiger charge is -2.23. The summed E-state index contributed by atoms with van der Waals surface area (Å²) in [5.41, 5.74) is -0.181. The Morgan fingerprint density at radius 2 is 1.49 bits per heavy atom. The second-order valence-electron chi connectivity index (χ2n) is 10.1. The maximum atomic E-state index is 13.8. The van der Waals surface area contributed by atoms with Crippen LogP contribution in [-0.2, 0) is 20.9 Å². The molecule has 0 saturated heterocycles. The average Bonchev–Trinajstić information content (AvgIpc) is 2.85. The number of nitrogens with one attached hydrogen (secondary N) is 4. The fourth-order valence-corrected chi connectivity index (χ4v) is 3.22. The van der Waals surface area contributed by atoms with Crippen molar-refractivity contribution in [3.63, 3.8) is 0 Å². The fraction of sp³-hybridized carbons (Fsp3) is 0.370. The zero-order valence-electron chi connectivity index (χ0n) is 22.1. The third kappa shape index (κ3) is 10.1. The number of carbonyl (C=O) groups is 5. The Kier molecular flexibility index (Phi) is 10.6. The predicted molar refractivity (Wildman–Crippen MR) is 138 cm³/mol.